The summed E-state index contributed by atoms with van der Waals surface area (Å²) in [5.74, 6) is -1.17. The first kappa shape index (κ1) is 17.5. The fourth-order valence-corrected chi connectivity index (χ4v) is 3.78. The van der Waals surface area contributed by atoms with E-state index in [0.29, 0.717) is 5.92 Å². The molecule has 1 N–H and O–H groups in total. The Labute approximate surface area is 157 Å². The molecule has 0 unspecified atom stereocenters. The number of phenols is 1. The summed E-state index contributed by atoms with van der Waals surface area (Å²) in [5, 5.41) is 10.1. The Balaban J connectivity index is 1.64. The molecule has 0 saturated heterocycles. The highest BCUT2D eigenvalue weighted by atomic mass is 16.5. The second kappa shape index (κ2) is 6.65. The number of ether oxygens (including phenoxy) is 1. The molecule has 0 aromatic heterocycles. The zero-order valence-electron chi connectivity index (χ0n) is 15.0. The maximum Gasteiger partial charge on any atom is 0.314 e. The maximum absolute atomic E-state index is 13.0. The van der Waals surface area contributed by atoms with Crippen LogP contribution in [0.25, 0.3) is 0 Å². The third-order valence-electron chi connectivity index (χ3n) is 5.38. The molecule has 4 rings (SSSR count). The van der Waals surface area contributed by atoms with Gasteiger partial charge in [-0.3, -0.25) is 14.4 Å². The number of hydrogen-bond donors (Lipinski definition) is 1. The highest BCUT2D eigenvalue weighted by Crippen LogP contribution is 2.44. The standard InChI is InChI=1S/C22H20O5/c1-2-3-6-12-11-15(12)22(26)27-17-10-5-8-14-19(17)21(25)18-13(20(14)24)7-4-9-16(18)23/h4-5,7-10,12,15,23H,2-3,6,11H2,1H3/t12-,15-/m1/s1. The highest BCUT2D eigenvalue weighted by Gasteiger charge is 2.44. The molecule has 2 aromatic rings. The summed E-state index contributed by atoms with van der Waals surface area (Å²) in [6.45, 7) is 2.11. The van der Waals surface area contributed by atoms with Gasteiger partial charge in [-0.05, 0) is 30.9 Å². The molecule has 2 aliphatic carbocycles. The average molecular weight is 364 g/mol. The van der Waals surface area contributed by atoms with Gasteiger partial charge in [0.15, 0.2) is 5.78 Å². The molecule has 138 valence electrons. The van der Waals surface area contributed by atoms with Crippen molar-refractivity contribution in [2.45, 2.75) is 32.6 Å². The SMILES string of the molecule is CCCC[C@@H]1C[C@H]1C(=O)Oc1cccc2c1C(=O)c1c(O)cccc1C2=O. The summed E-state index contributed by atoms with van der Waals surface area (Å²) in [6, 6.07) is 9.07. The van der Waals surface area contributed by atoms with Gasteiger partial charge in [-0.1, -0.05) is 44.0 Å². The fraction of sp³-hybridized carbons (Fsp3) is 0.318. The van der Waals surface area contributed by atoms with E-state index in [1.807, 2.05) is 0 Å². The number of rotatable bonds is 5. The van der Waals surface area contributed by atoms with Crippen molar-refractivity contribution >= 4 is 17.5 Å². The lowest BCUT2D eigenvalue weighted by Gasteiger charge is -2.20. The van der Waals surface area contributed by atoms with Crippen LogP contribution in [0.4, 0.5) is 0 Å². The van der Waals surface area contributed by atoms with Crippen LogP contribution in [0.15, 0.2) is 36.4 Å². The number of aromatic hydroxyl groups is 1. The van der Waals surface area contributed by atoms with E-state index >= 15 is 0 Å². The molecule has 27 heavy (non-hydrogen) atoms. The average Bonchev–Trinajstić information content (AvgIpc) is 3.44. The first-order valence-electron chi connectivity index (χ1n) is 9.29. The van der Waals surface area contributed by atoms with E-state index in [1.165, 1.54) is 24.3 Å². The van der Waals surface area contributed by atoms with Crippen molar-refractivity contribution in [3.63, 3.8) is 0 Å². The molecule has 0 radical (unpaired) electrons. The van der Waals surface area contributed by atoms with Crippen LogP contribution < -0.4 is 4.74 Å². The third kappa shape index (κ3) is 2.93. The van der Waals surface area contributed by atoms with Crippen LogP contribution in [0.3, 0.4) is 0 Å². The van der Waals surface area contributed by atoms with Crippen molar-refractivity contribution in [3.8, 4) is 11.5 Å². The molecule has 1 fully saturated rings. The predicted octanol–water partition coefficient (Wildman–Crippen LogP) is 3.90. The van der Waals surface area contributed by atoms with E-state index in [0.717, 1.165) is 25.7 Å². The molecule has 0 heterocycles. The number of carbonyl (C=O) groups excluding carboxylic acids is 3. The minimum atomic E-state index is -0.501. The van der Waals surface area contributed by atoms with E-state index in [2.05, 4.69) is 6.92 Å². The Morgan fingerprint density at radius 1 is 1.07 bits per heavy atom. The summed E-state index contributed by atoms with van der Waals surface area (Å²) in [5.41, 5.74) is 0.376. The number of ketones is 2. The molecule has 0 aliphatic heterocycles. The largest absolute Gasteiger partial charge is 0.507 e. The van der Waals surface area contributed by atoms with Gasteiger partial charge in [0, 0.05) is 11.1 Å². The summed E-state index contributed by atoms with van der Waals surface area (Å²) >= 11 is 0. The van der Waals surface area contributed by atoms with Crippen LogP contribution in [0.2, 0.25) is 0 Å². The second-order valence-corrected chi connectivity index (χ2v) is 7.20. The van der Waals surface area contributed by atoms with Crippen molar-refractivity contribution < 1.29 is 24.2 Å². The molecule has 0 amide bonds. The zero-order chi connectivity index (χ0) is 19.1. The Morgan fingerprint density at radius 2 is 1.78 bits per heavy atom. The summed E-state index contributed by atoms with van der Waals surface area (Å²) < 4.78 is 5.53. The minimum Gasteiger partial charge on any atom is -0.507 e. The second-order valence-electron chi connectivity index (χ2n) is 7.20. The molecule has 5 heteroatoms. The topological polar surface area (TPSA) is 80.7 Å². The van der Waals surface area contributed by atoms with Gasteiger partial charge >= 0.3 is 5.97 Å². The van der Waals surface area contributed by atoms with Gasteiger partial charge in [0.2, 0.25) is 5.78 Å². The first-order chi connectivity index (χ1) is 13.0. The lowest BCUT2D eigenvalue weighted by atomic mass is 9.83. The predicted molar refractivity (Wildman–Crippen MR) is 98.2 cm³/mol. The van der Waals surface area contributed by atoms with Crippen LogP contribution >= 0.6 is 0 Å². The van der Waals surface area contributed by atoms with E-state index in [-0.39, 0.29) is 51.4 Å². The van der Waals surface area contributed by atoms with Crippen molar-refractivity contribution in [1.82, 2.24) is 0 Å². The molecule has 0 spiro atoms. The molecule has 1 saturated carbocycles. The maximum atomic E-state index is 13.0. The molecular weight excluding hydrogens is 344 g/mol. The third-order valence-corrected chi connectivity index (χ3v) is 5.38. The van der Waals surface area contributed by atoms with Crippen LogP contribution in [0.5, 0.6) is 11.5 Å². The Bertz CT molecular complexity index is 959. The molecule has 2 atom stereocenters. The number of phenolic OH excluding ortho intramolecular Hbond substituents is 1. The monoisotopic (exact) mass is 364 g/mol. The molecule has 0 bridgehead atoms. The number of esters is 1. The Kier molecular flexibility index (Phi) is 4.30. The van der Waals surface area contributed by atoms with E-state index < -0.39 is 5.78 Å². The first-order valence-corrected chi connectivity index (χ1v) is 9.29. The summed E-state index contributed by atoms with van der Waals surface area (Å²) in [7, 11) is 0. The van der Waals surface area contributed by atoms with E-state index in [4.69, 9.17) is 4.74 Å². The summed E-state index contributed by atoms with van der Waals surface area (Å²) in [4.78, 5) is 38.2. The lowest BCUT2D eigenvalue weighted by molar-refractivity contribution is -0.136. The van der Waals surface area contributed by atoms with Gasteiger partial charge < -0.3 is 9.84 Å². The van der Waals surface area contributed by atoms with Crippen LogP contribution in [0, 0.1) is 11.8 Å². The smallest absolute Gasteiger partial charge is 0.314 e. The quantitative estimate of drug-likeness (QED) is 0.548. The molecule has 2 aromatic carbocycles. The Morgan fingerprint density at radius 3 is 2.52 bits per heavy atom. The van der Waals surface area contributed by atoms with Gasteiger partial charge in [-0.25, -0.2) is 0 Å². The number of hydrogen-bond acceptors (Lipinski definition) is 5. The molecule has 5 nitrogen and oxygen atoms in total. The fourth-order valence-electron chi connectivity index (χ4n) is 3.78. The summed E-state index contributed by atoms with van der Waals surface area (Å²) in [6.07, 6.45) is 3.98. The lowest BCUT2D eigenvalue weighted by Crippen LogP contribution is -2.23. The van der Waals surface area contributed by atoms with Crippen molar-refractivity contribution in [2.24, 2.45) is 11.8 Å². The van der Waals surface area contributed by atoms with Gasteiger partial charge in [0.05, 0.1) is 17.0 Å². The minimum absolute atomic E-state index is 0.0363. The Hall–Kier alpha value is -2.95. The number of fused-ring (bicyclic) bond motifs is 2. The van der Waals surface area contributed by atoms with Crippen LogP contribution in [-0.4, -0.2) is 22.6 Å². The highest BCUT2D eigenvalue weighted by molar-refractivity contribution is 6.30. The van der Waals surface area contributed by atoms with Crippen molar-refractivity contribution in [2.75, 3.05) is 0 Å². The van der Waals surface area contributed by atoms with E-state index in [1.54, 1.807) is 12.1 Å². The molecular formula is C22H20O5. The van der Waals surface area contributed by atoms with Gasteiger partial charge in [-0.15, -0.1) is 0 Å². The van der Waals surface area contributed by atoms with Gasteiger partial charge in [0.25, 0.3) is 0 Å². The van der Waals surface area contributed by atoms with Crippen molar-refractivity contribution in [1.29, 1.82) is 0 Å². The van der Waals surface area contributed by atoms with E-state index in [9.17, 15) is 19.5 Å². The number of unbranched alkanes of at least 4 members (excludes halogenated alkanes) is 1. The zero-order valence-corrected chi connectivity index (χ0v) is 15.0. The van der Waals surface area contributed by atoms with Crippen LogP contribution in [-0.2, 0) is 4.79 Å². The number of carbonyl (C=O) groups is 3. The van der Waals surface area contributed by atoms with Crippen LogP contribution in [0.1, 0.15) is 64.4 Å². The van der Waals surface area contributed by atoms with Gasteiger partial charge in [0.1, 0.15) is 11.5 Å². The number of benzene rings is 2. The molecule has 2 aliphatic rings. The normalized spacial score (nSPS) is 20.0. The van der Waals surface area contributed by atoms with Crippen molar-refractivity contribution in [3.05, 3.63) is 58.7 Å². The van der Waals surface area contributed by atoms with Gasteiger partial charge in [-0.2, -0.15) is 0 Å².